The maximum Gasteiger partial charge on any atom is 0.465 e. The maximum atomic E-state index is 13.2. The van der Waals surface area contributed by atoms with Crippen LogP contribution in [0.5, 0.6) is 0 Å². The van der Waals surface area contributed by atoms with Crippen LogP contribution in [0, 0.1) is 23.2 Å². The van der Waals surface area contributed by atoms with E-state index in [2.05, 4.69) is 4.74 Å². The smallest absolute Gasteiger partial charge is 0.459 e. The highest BCUT2D eigenvalue weighted by Gasteiger charge is 2.57. The number of halogens is 2. The summed E-state index contributed by atoms with van der Waals surface area (Å²) in [7, 11) is -4.42. The van der Waals surface area contributed by atoms with Crippen LogP contribution in [0.1, 0.15) is 39.0 Å². The van der Waals surface area contributed by atoms with Crippen molar-refractivity contribution in [2.75, 3.05) is 20.3 Å². The molecule has 3 unspecified atom stereocenters. The van der Waals surface area contributed by atoms with Crippen LogP contribution in [-0.2, 0) is 38.7 Å². The molecule has 4 aliphatic rings. The Morgan fingerprint density at radius 2 is 1.80 bits per heavy atom. The highest BCUT2D eigenvalue weighted by Crippen LogP contribution is 2.60. The van der Waals surface area contributed by atoms with Gasteiger partial charge in [0.05, 0.1) is 6.61 Å². The number of esters is 2. The second kappa shape index (κ2) is 8.29. The molecule has 0 aliphatic heterocycles. The second-order valence-corrected chi connectivity index (χ2v) is 10.1. The molecule has 0 amide bonds. The minimum Gasteiger partial charge on any atom is -0.459 e. The number of methoxy groups -OCH3 is 1. The van der Waals surface area contributed by atoms with Gasteiger partial charge in [0.2, 0.25) is 0 Å². The van der Waals surface area contributed by atoms with E-state index in [1.165, 1.54) is 0 Å². The van der Waals surface area contributed by atoms with Crippen molar-refractivity contribution in [2.45, 2.75) is 56.7 Å². The van der Waals surface area contributed by atoms with Gasteiger partial charge in [0, 0.05) is 7.11 Å². The van der Waals surface area contributed by atoms with E-state index in [-0.39, 0.29) is 23.5 Å². The van der Waals surface area contributed by atoms with Crippen molar-refractivity contribution in [2.24, 2.45) is 23.2 Å². The number of ether oxygens (including phenoxy) is 4. The number of carbonyl (C=O) groups is 2. The fraction of sp³-hybridized carbons (Fsp3) is 0.889. The van der Waals surface area contributed by atoms with Crippen molar-refractivity contribution in [3.8, 4) is 0 Å². The number of hydrogen-bond acceptors (Lipinski definition) is 8. The molecular weight excluding hydrogens is 430 g/mol. The number of alkyl halides is 2. The third-order valence-corrected chi connectivity index (χ3v) is 7.23. The molecule has 4 fully saturated rings. The van der Waals surface area contributed by atoms with Crippen LogP contribution in [0.3, 0.4) is 0 Å². The van der Waals surface area contributed by atoms with Crippen LogP contribution < -0.4 is 0 Å². The van der Waals surface area contributed by atoms with Gasteiger partial charge in [-0.15, -0.1) is 0 Å². The average molecular weight is 456 g/mol. The Kier molecular flexibility index (Phi) is 6.43. The van der Waals surface area contributed by atoms with Gasteiger partial charge in [-0.2, -0.15) is 17.2 Å². The third kappa shape index (κ3) is 4.61. The summed E-state index contributed by atoms with van der Waals surface area (Å²) in [5.41, 5.74) is -0.00376. The van der Waals surface area contributed by atoms with Crippen molar-refractivity contribution >= 4 is 22.1 Å². The summed E-state index contributed by atoms with van der Waals surface area (Å²) in [6, 6.07) is 0. The van der Waals surface area contributed by atoms with Gasteiger partial charge in [0.25, 0.3) is 0 Å². The summed E-state index contributed by atoms with van der Waals surface area (Å²) in [4.78, 5) is 23.3. The standard InChI is InChI=1S/C18H26F2O9S/c1-10(26-2)28-9-17-5-11-3-12(6-17)15(13(4-11)7-17)29-14(21)8-27-16(22)18(19,20)30(23,24)25/h10-13,15H,3-9H2,1-2H3,(H,23,24,25). The van der Waals surface area contributed by atoms with E-state index in [1.54, 1.807) is 7.11 Å². The predicted molar refractivity (Wildman–Crippen MR) is 95.7 cm³/mol. The lowest BCUT2D eigenvalue weighted by atomic mass is 9.49. The molecule has 9 nitrogen and oxygen atoms in total. The number of hydrogen-bond donors (Lipinski definition) is 1. The van der Waals surface area contributed by atoms with E-state index >= 15 is 0 Å². The maximum absolute atomic E-state index is 13.2. The zero-order valence-corrected chi connectivity index (χ0v) is 17.5. The molecule has 0 aromatic heterocycles. The van der Waals surface area contributed by atoms with Gasteiger partial charge in [-0.05, 0) is 62.2 Å². The first-order valence-electron chi connectivity index (χ1n) is 9.73. The molecule has 1 N–H and O–H groups in total. The Bertz CT molecular complexity index is 769. The summed E-state index contributed by atoms with van der Waals surface area (Å²) in [5, 5.41) is -5.15. The van der Waals surface area contributed by atoms with E-state index in [4.69, 9.17) is 18.8 Å². The summed E-state index contributed by atoms with van der Waals surface area (Å²) >= 11 is 0. The molecule has 4 rings (SSSR count). The van der Waals surface area contributed by atoms with Crippen LogP contribution in [0.25, 0.3) is 0 Å². The van der Waals surface area contributed by atoms with Crippen molar-refractivity contribution in [1.82, 2.24) is 0 Å². The quantitative estimate of drug-likeness (QED) is 0.314. The fourth-order valence-corrected chi connectivity index (χ4v) is 5.65. The van der Waals surface area contributed by atoms with Gasteiger partial charge in [0.15, 0.2) is 12.9 Å². The molecular formula is C18H26F2O9S. The van der Waals surface area contributed by atoms with Crippen molar-refractivity contribution < 1.29 is 50.3 Å². The van der Waals surface area contributed by atoms with Crippen molar-refractivity contribution in [3.05, 3.63) is 0 Å². The van der Waals surface area contributed by atoms with Gasteiger partial charge in [0.1, 0.15) is 6.10 Å². The first-order chi connectivity index (χ1) is 13.9. The van der Waals surface area contributed by atoms with Gasteiger partial charge in [-0.25, -0.2) is 9.59 Å². The molecule has 0 saturated heterocycles. The van der Waals surface area contributed by atoms with Crippen LogP contribution in [0.15, 0.2) is 0 Å². The highest BCUT2D eigenvalue weighted by atomic mass is 32.2. The third-order valence-electron chi connectivity index (χ3n) is 6.42. The van der Waals surface area contributed by atoms with E-state index in [1.807, 2.05) is 6.92 Å². The monoisotopic (exact) mass is 456 g/mol. The first-order valence-corrected chi connectivity index (χ1v) is 11.2. The lowest BCUT2D eigenvalue weighted by Gasteiger charge is -2.59. The average Bonchev–Trinajstić information content (AvgIpc) is 2.65. The van der Waals surface area contributed by atoms with Gasteiger partial charge in [-0.3, -0.25) is 4.55 Å². The first kappa shape index (κ1) is 23.3. The minimum atomic E-state index is -5.99. The van der Waals surface area contributed by atoms with Crippen molar-refractivity contribution in [3.63, 3.8) is 0 Å². The summed E-state index contributed by atoms with van der Waals surface area (Å²) in [6.07, 6.45) is 3.68. The summed E-state index contributed by atoms with van der Waals surface area (Å²) in [6.45, 7) is 1.20. The topological polar surface area (TPSA) is 125 Å². The van der Waals surface area contributed by atoms with Gasteiger partial charge >= 0.3 is 27.3 Å². The zero-order chi connectivity index (χ0) is 22.3. The minimum absolute atomic E-state index is 0.00376. The molecule has 172 valence electrons. The Labute approximate surface area is 173 Å². The molecule has 0 aromatic rings. The van der Waals surface area contributed by atoms with Crippen LogP contribution in [-0.4, -0.2) is 62.9 Å². The normalized spacial score (nSPS) is 33.9. The van der Waals surface area contributed by atoms with Gasteiger partial charge < -0.3 is 18.9 Å². The Morgan fingerprint density at radius 3 is 2.33 bits per heavy atom. The van der Waals surface area contributed by atoms with Gasteiger partial charge in [-0.1, -0.05) is 0 Å². The SMILES string of the molecule is COC(C)OCC12CC3CC(C1)C(OC(=O)COC(=O)C(F)(F)S(=O)(=O)O)C(C3)C2. The Balaban J connectivity index is 1.55. The Hall–Kier alpha value is -1.37. The largest absolute Gasteiger partial charge is 0.465 e. The highest BCUT2D eigenvalue weighted by molar-refractivity contribution is 7.87. The molecule has 0 aromatic carbocycles. The molecule has 4 bridgehead atoms. The molecule has 3 atom stereocenters. The summed E-state index contributed by atoms with van der Waals surface area (Å²) in [5.74, 6) is -2.88. The molecule has 30 heavy (non-hydrogen) atoms. The zero-order valence-electron chi connectivity index (χ0n) is 16.7. The van der Waals surface area contributed by atoms with Crippen LogP contribution in [0.2, 0.25) is 0 Å². The molecule has 4 saturated carbocycles. The second-order valence-electron chi connectivity index (χ2n) is 8.61. The molecule has 0 spiro atoms. The lowest BCUT2D eigenvalue weighted by Crippen LogP contribution is -2.56. The van der Waals surface area contributed by atoms with Crippen LogP contribution in [0.4, 0.5) is 8.78 Å². The summed E-state index contributed by atoms with van der Waals surface area (Å²) < 4.78 is 76.2. The van der Waals surface area contributed by atoms with E-state index < -0.39 is 40.0 Å². The van der Waals surface area contributed by atoms with E-state index in [0.717, 1.165) is 32.1 Å². The van der Waals surface area contributed by atoms with E-state index in [9.17, 15) is 26.8 Å². The molecule has 12 heteroatoms. The Morgan fingerprint density at radius 1 is 1.20 bits per heavy atom. The van der Waals surface area contributed by atoms with Crippen LogP contribution >= 0.6 is 0 Å². The number of carbonyl (C=O) groups excluding carboxylic acids is 2. The molecule has 0 heterocycles. The van der Waals surface area contributed by atoms with E-state index in [0.29, 0.717) is 12.5 Å². The number of rotatable bonds is 9. The predicted octanol–water partition coefficient (Wildman–Crippen LogP) is 1.76. The van der Waals surface area contributed by atoms with Crippen molar-refractivity contribution in [1.29, 1.82) is 0 Å². The fourth-order valence-electron chi connectivity index (χ4n) is 5.38. The molecule has 0 radical (unpaired) electrons. The lowest BCUT2D eigenvalue weighted by molar-refractivity contribution is -0.206. The molecule has 4 aliphatic carbocycles.